The SMILES string of the molecule is CC(Oc1cccnc1Br)C(=O)Nc1ccccc1. The van der Waals surface area contributed by atoms with E-state index in [1.807, 2.05) is 30.3 Å². The Balaban J connectivity index is 1.98. The van der Waals surface area contributed by atoms with Crippen LogP contribution in [0.15, 0.2) is 53.3 Å². The van der Waals surface area contributed by atoms with Crippen LogP contribution < -0.4 is 10.1 Å². The number of pyridine rings is 1. The zero-order valence-electron chi connectivity index (χ0n) is 10.3. The minimum absolute atomic E-state index is 0.207. The smallest absolute Gasteiger partial charge is 0.265 e. The average Bonchev–Trinajstić information content (AvgIpc) is 2.42. The summed E-state index contributed by atoms with van der Waals surface area (Å²) in [5.74, 6) is 0.333. The summed E-state index contributed by atoms with van der Waals surface area (Å²) in [5.41, 5.74) is 0.744. The Morgan fingerprint density at radius 2 is 2.00 bits per heavy atom. The minimum atomic E-state index is -0.610. The van der Waals surface area contributed by atoms with Crippen molar-refractivity contribution in [3.8, 4) is 5.75 Å². The summed E-state index contributed by atoms with van der Waals surface area (Å²) < 4.78 is 6.14. The van der Waals surface area contributed by atoms with E-state index in [1.54, 1.807) is 25.3 Å². The molecular weight excluding hydrogens is 308 g/mol. The zero-order valence-corrected chi connectivity index (χ0v) is 11.9. The summed E-state index contributed by atoms with van der Waals surface area (Å²) in [6.07, 6.45) is 1.03. The lowest BCUT2D eigenvalue weighted by atomic mass is 10.3. The number of carbonyl (C=O) groups is 1. The first kappa shape index (κ1) is 13.5. The Morgan fingerprint density at radius 1 is 1.26 bits per heavy atom. The van der Waals surface area contributed by atoms with Crippen LogP contribution in [0.5, 0.6) is 5.75 Å². The largest absolute Gasteiger partial charge is 0.478 e. The highest BCUT2D eigenvalue weighted by Gasteiger charge is 2.16. The van der Waals surface area contributed by atoms with Gasteiger partial charge in [-0.2, -0.15) is 0 Å². The van der Waals surface area contributed by atoms with E-state index in [9.17, 15) is 4.79 Å². The number of ether oxygens (including phenoxy) is 1. The summed E-state index contributed by atoms with van der Waals surface area (Å²) in [7, 11) is 0. The molecule has 0 radical (unpaired) electrons. The van der Waals surface area contributed by atoms with Crippen LogP contribution in [0.4, 0.5) is 5.69 Å². The van der Waals surface area contributed by atoms with Crippen LogP contribution in [0.1, 0.15) is 6.92 Å². The number of para-hydroxylation sites is 1. The molecule has 0 saturated carbocycles. The fraction of sp³-hybridized carbons (Fsp3) is 0.143. The third-order valence-corrected chi connectivity index (χ3v) is 3.03. The molecule has 0 aliphatic heterocycles. The van der Waals surface area contributed by atoms with Crippen molar-refractivity contribution in [1.82, 2.24) is 4.98 Å². The molecule has 98 valence electrons. The summed E-state index contributed by atoms with van der Waals surface area (Å²) >= 11 is 3.27. The van der Waals surface area contributed by atoms with Crippen LogP contribution in [0.25, 0.3) is 0 Å². The van der Waals surface area contributed by atoms with Gasteiger partial charge in [0, 0.05) is 11.9 Å². The predicted octanol–water partition coefficient (Wildman–Crippen LogP) is 3.25. The Bertz CT molecular complexity index is 560. The van der Waals surface area contributed by atoms with E-state index in [0.29, 0.717) is 10.4 Å². The molecule has 0 fully saturated rings. The number of hydrogen-bond acceptors (Lipinski definition) is 3. The highest BCUT2D eigenvalue weighted by atomic mass is 79.9. The second kappa shape index (κ2) is 6.33. The lowest BCUT2D eigenvalue weighted by molar-refractivity contribution is -0.122. The first-order valence-corrected chi connectivity index (χ1v) is 6.59. The van der Waals surface area contributed by atoms with E-state index in [0.717, 1.165) is 5.69 Å². The summed E-state index contributed by atoms with van der Waals surface area (Å²) in [6, 6.07) is 12.8. The van der Waals surface area contributed by atoms with Crippen LogP contribution in [0, 0.1) is 0 Å². The molecule has 1 atom stereocenters. The van der Waals surface area contributed by atoms with Crippen molar-refractivity contribution in [3.63, 3.8) is 0 Å². The molecular formula is C14H13BrN2O2. The first-order chi connectivity index (χ1) is 9.16. The number of hydrogen-bond donors (Lipinski definition) is 1. The molecule has 19 heavy (non-hydrogen) atoms. The molecule has 0 aliphatic rings. The van der Waals surface area contributed by atoms with E-state index in [1.165, 1.54) is 0 Å². The van der Waals surface area contributed by atoms with Crippen LogP contribution in [0.3, 0.4) is 0 Å². The number of rotatable bonds is 4. The first-order valence-electron chi connectivity index (χ1n) is 5.80. The van der Waals surface area contributed by atoms with Gasteiger partial charge in [-0.1, -0.05) is 18.2 Å². The number of halogens is 1. The van der Waals surface area contributed by atoms with Crippen molar-refractivity contribution in [3.05, 3.63) is 53.3 Å². The van der Waals surface area contributed by atoms with E-state index in [2.05, 4.69) is 26.2 Å². The fourth-order valence-corrected chi connectivity index (χ4v) is 1.81. The van der Waals surface area contributed by atoms with Crippen LogP contribution in [-0.4, -0.2) is 17.0 Å². The standard InChI is InChI=1S/C14H13BrN2O2/c1-10(19-12-8-5-9-16-13(12)15)14(18)17-11-6-3-2-4-7-11/h2-10H,1H3,(H,17,18). The number of carbonyl (C=O) groups excluding carboxylic acids is 1. The number of benzene rings is 1. The van der Waals surface area contributed by atoms with Crippen LogP contribution >= 0.6 is 15.9 Å². The maximum atomic E-state index is 12.0. The zero-order chi connectivity index (χ0) is 13.7. The topological polar surface area (TPSA) is 51.2 Å². The van der Waals surface area contributed by atoms with Crippen LogP contribution in [-0.2, 0) is 4.79 Å². The van der Waals surface area contributed by atoms with Gasteiger partial charge in [-0.05, 0) is 47.1 Å². The molecule has 1 aromatic heterocycles. The van der Waals surface area contributed by atoms with Crippen molar-refractivity contribution in [1.29, 1.82) is 0 Å². The summed E-state index contributed by atoms with van der Waals surface area (Å²) in [6.45, 7) is 1.69. The third kappa shape index (κ3) is 3.79. The Morgan fingerprint density at radius 3 is 2.68 bits per heavy atom. The molecule has 1 aromatic carbocycles. The molecule has 1 N–H and O–H groups in total. The number of nitrogens with zero attached hydrogens (tertiary/aromatic N) is 1. The van der Waals surface area contributed by atoms with Crippen molar-refractivity contribution < 1.29 is 9.53 Å². The molecule has 0 bridgehead atoms. The van der Waals surface area contributed by atoms with Gasteiger partial charge in [-0.25, -0.2) is 4.98 Å². The van der Waals surface area contributed by atoms with Crippen molar-refractivity contribution in [2.24, 2.45) is 0 Å². The molecule has 0 saturated heterocycles. The molecule has 0 spiro atoms. The molecule has 1 unspecified atom stereocenters. The predicted molar refractivity (Wildman–Crippen MR) is 77.1 cm³/mol. The van der Waals surface area contributed by atoms with E-state index in [-0.39, 0.29) is 5.91 Å². The second-order valence-corrected chi connectivity index (χ2v) is 4.66. The van der Waals surface area contributed by atoms with Gasteiger partial charge < -0.3 is 10.1 Å². The van der Waals surface area contributed by atoms with Gasteiger partial charge in [0.25, 0.3) is 5.91 Å². The normalized spacial score (nSPS) is 11.7. The van der Waals surface area contributed by atoms with Gasteiger partial charge in [0.15, 0.2) is 11.9 Å². The summed E-state index contributed by atoms with van der Waals surface area (Å²) in [5, 5.41) is 2.78. The number of aromatic nitrogens is 1. The molecule has 1 amide bonds. The monoisotopic (exact) mass is 320 g/mol. The molecule has 0 aliphatic carbocycles. The van der Waals surface area contributed by atoms with Crippen molar-refractivity contribution in [2.75, 3.05) is 5.32 Å². The maximum Gasteiger partial charge on any atom is 0.265 e. The second-order valence-electron chi connectivity index (χ2n) is 3.91. The quantitative estimate of drug-likeness (QED) is 0.880. The highest BCUT2D eigenvalue weighted by Crippen LogP contribution is 2.22. The lowest BCUT2D eigenvalue weighted by Gasteiger charge is -2.15. The molecule has 4 nitrogen and oxygen atoms in total. The van der Waals surface area contributed by atoms with E-state index >= 15 is 0 Å². The van der Waals surface area contributed by atoms with E-state index in [4.69, 9.17) is 4.74 Å². The molecule has 2 rings (SSSR count). The van der Waals surface area contributed by atoms with Gasteiger partial charge in [-0.15, -0.1) is 0 Å². The van der Waals surface area contributed by atoms with Gasteiger partial charge in [0.2, 0.25) is 0 Å². The highest BCUT2D eigenvalue weighted by molar-refractivity contribution is 9.10. The van der Waals surface area contributed by atoms with Gasteiger partial charge >= 0.3 is 0 Å². The lowest BCUT2D eigenvalue weighted by Crippen LogP contribution is -2.30. The number of anilines is 1. The Labute approximate surface area is 119 Å². The molecule has 2 aromatic rings. The Kier molecular flexibility index (Phi) is 4.52. The van der Waals surface area contributed by atoms with Gasteiger partial charge in [-0.3, -0.25) is 4.79 Å². The molecule has 5 heteroatoms. The van der Waals surface area contributed by atoms with E-state index < -0.39 is 6.10 Å². The van der Waals surface area contributed by atoms with Gasteiger partial charge in [0.1, 0.15) is 4.60 Å². The summed E-state index contributed by atoms with van der Waals surface area (Å²) in [4.78, 5) is 16.0. The van der Waals surface area contributed by atoms with Crippen molar-refractivity contribution >= 4 is 27.5 Å². The van der Waals surface area contributed by atoms with Gasteiger partial charge in [0.05, 0.1) is 0 Å². The maximum absolute atomic E-state index is 12.0. The van der Waals surface area contributed by atoms with Crippen molar-refractivity contribution in [2.45, 2.75) is 13.0 Å². The minimum Gasteiger partial charge on any atom is -0.478 e. The molecule has 1 heterocycles. The average molecular weight is 321 g/mol. The number of amides is 1. The van der Waals surface area contributed by atoms with Crippen LogP contribution in [0.2, 0.25) is 0 Å². The Hall–Kier alpha value is -1.88. The third-order valence-electron chi connectivity index (χ3n) is 2.44. The fourth-order valence-electron chi connectivity index (χ4n) is 1.47. The number of nitrogens with one attached hydrogen (secondary N) is 1.